The minimum Gasteiger partial charge on any atom is -0.461 e. The molecule has 0 spiro atoms. The van der Waals surface area contributed by atoms with Gasteiger partial charge in [0, 0.05) is 17.2 Å². The molecular weight excluding hydrogens is 414 g/mol. The Kier molecular flexibility index (Phi) is 5.59. The highest BCUT2D eigenvalue weighted by atomic mass is 32.2. The number of aromatic nitrogens is 1. The summed E-state index contributed by atoms with van der Waals surface area (Å²) in [7, 11) is 0. The van der Waals surface area contributed by atoms with E-state index in [1.165, 1.54) is 18.2 Å². The lowest BCUT2D eigenvalue weighted by molar-refractivity contribution is -0.116. The summed E-state index contributed by atoms with van der Waals surface area (Å²) in [6.07, 6.45) is 7.72. The average Bonchev–Trinajstić information content (AvgIpc) is 3.44. The van der Waals surface area contributed by atoms with Crippen LogP contribution < -0.4 is 9.47 Å². The first-order valence-corrected chi connectivity index (χ1v) is 11.4. The van der Waals surface area contributed by atoms with Crippen molar-refractivity contribution < 1.29 is 23.1 Å². The van der Waals surface area contributed by atoms with E-state index >= 15 is 0 Å². The first-order valence-electron chi connectivity index (χ1n) is 10.4. The number of hydrogen-bond acceptors (Lipinski definition) is 7. The van der Waals surface area contributed by atoms with Gasteiger partial charge in [0.15, 0.2) is 16.6 Å². The molecule has 31 heavy (non-hydrogen) atoms. The Hall–Kier alpha value is -2.93. The number of hydrogen-bond donors (Lipinski definition) is 0. The summed E-state index contributed by atoms with van der Waals surface area (Å²) < 4.78 is 22.6. The lowest BCUT2D eigenvalue weighted by atomic mass is 9.87. The zero-order valence-electron chi connectivity index (χ0n) is 17.3. The third-order valence-electron chi connectivity index (χ3n) is 5.58. The molecule has 1 aliphatic carbocycles. The van der Waals surface area contributed by atoms with Crippen LogP contribution in [0.25, 0.3) is 17.5 Å². The van der Waals surface area contributed by atoms with Gasteiger partial charge in [-0.15, -0.1) is 0 Å². The van der Waals surface area contributed by atoms with E-state index in [4.69, 9.17) is 18.3 Å². The topological polar surface area (TPSA) is 74.7 Å². The van der Waals surface area contributed by atoms with Crippen LogP contribution in [0.3, 0.4) is 0 Å². The molecule has 0 unspecified atom stereocenters. The summed E-state index contributed by atoms with van der Waals surface area (Å²) in [5.74, 6) is 5.26. The molecule has 0 atom stereocenters. The van der Waals surface area contributed by atoms with Gasteiger partial charge in [0.2, 0.25) is 12.7 Å². The molecule has 0 N–H and O–H groups in total. The molecule has 2 aliphatic rings. The molecule has 0 radical (unpaired) electrons. The molecule has 0 amide bonds. The standard InChI is InChI=1S/C24H23NO5S/c1-15-20(25-23(29-15)17-7-10-21-22(12-17)28-14-27-21)13-19-9-8-18(30-19)6-3-11-31-24(26)16-4-2-5-16/h3,6-10,12,16H,2,4-5,11,13-14H2,1H3/b6-3+. The van der Waals surface area contributed by atoms with Crippen LogP contribution in [0.2, 0.25) is 0 Å². The van der Waals surface area contributed by atoms with Gasteiger partial charge in [0.25, 0.3) is 0 Å². The van der Waals surface area contributed by atoms with Crippen molar-refractivity contribution in [2.24, 2.45) is 5.92 Å². The number of rotatable bonds is 7. The summed E-state index contributed by atoms with van der Waals surface area (Å²) in [4.78, 5) is 16.6. The zero-order valence-corrected chi connectivity index (χ0v) is 18.1. The lowest BCUT2D eigenvalue weighted by Crippen LogP contribution is -2.19. The van der Waals surface area contributed by atoms with Crippen molar-refractivity contribution in [1.29, 1.82) is 0 Å². The van der Waals surface area contributed by atoms with Crippen LogP contribution >= 0.6 is 11.8 Å². The number of benzene rings is 1. The van der Waals surface area contributed by atoms with Gasteiger partial charge >= 0.3 is 0 Å². The third kappa shape index (κ3) is 4.42. The summed E-state index contributed by atoms with van der Waals surface area (Å²) in [6, 6.07) is 9.52. The number of carbonyl (C=O) groups excluding carboxylic acids is 1. The fourth-order valence-corrected chi connectivity index (χ4v) is 4.37. The van der Waals surface area contributed by atoms with Gasteiger partial charge in [0.1, 0.15) is 17.3 Å². The number of oxazole rings is 1. The van der Waals surface area contributed by atoms with Gasteiger partial charge in [-0.05, 0) is 56.2 Å². The molecule has 2 aromatic heterocycles. The highest BCUT2D eigenvalue weighted by Gasteiger charge is 2.24. The van der Waals surface area contributed by atoms with Crippen LogP contribution in [0.5, 0.6) is 11.5 Å². The first kappa shape index (κ1) is 20.0. The molecule has 1 aliphatic heterocycles. The number of thioether (sulfide) groups is 1. The zero-order chi connectivity index (χ0) is 21.2. The van der Waals surface area contributed by atoms with Crippen LogP contribution in [0.15, 0.2) is 45.2 Å². The van der Waals surface area contributed by atoms with Crippen LogP contribution in [0.1, 0.15) is 42.2 Å². The Morgan fingerprint density at radius 1 is 1.16 bits per heavy atom. The molecule has 1 aromatic carbocycles. The fourth-order valence-electron chi connectivity index (χ4n) is 3.55. The van der Waals surface area contributed by atoms with Crippen molar-refractivity contribution in [3.05, 3.63) is 59.4 Å². The minimum absolute atomic E-state index is 0.236. The normalized spacial score (nSPS) is 15.5. The van der Waals surface area contributed by atoms with Crippen molar-refractivity contribution in [2.75, 3.05) is 12.5 Å². The second-order valence-electron chi connectivity index (χ2n) is 7.73. The van der Waals surface area contributed by atoms with Gasteiger partial charge in [-0.25, -0.2) is 4.98 Å². The minimum atomic E-state index is 0.236. The van der Waals surface area contributed by atoms with Gasteiger partial charge in [-0.3, -0.25) is 4.79 Å². The quantitative estimate of drug-likeness (QED) is 0.474. The summed E-state index contributed by atoms with van der Waals surface area (Å²) in [5.41, 5.74) is 1.68. The van der Waals surface area contributed by atoms with Gasteiger partial charge < -0.3 is 18.3 Å². The highest BCUT2D eigenvalue weighted by Crippen LogP contribution is 2.36. The Bertz CT molecular complexity index is 1120. The summed E-state index contributed by atoms with van der Waals surface area (Å²) in [5, 5.41) is 0.316. The van der Waals surface area contributed by atoms with Crippen LogP contribution in [-0.2, 0) is 11.2 Å². The van der Waals surface area contributed by atoms with Crippen LogP contribution in [-0.4, -0.2) is 22.6 Å². The van der Waals surface area contributed by atoms with Crippen molar-refractivity contribution >= 4 is 23.0 Å². The van der Waals surface area contributed by atoms with Crippen LogP contribution in [0.4, 0.5) is 0 Å². The second-order valence-corrected chi connectivity index (χ2v) is 8.76. The Labute approximate surface area is 184 Å². The molecule has 3 aromatic rings. The maximum atomic E-state index is 11.9. The number of fused-ring (bicyclic) bond motifs is 1. The Morgan fingerprint density at radius 3 is 2.87 bits per heavy atom. The fraction of sp³-hybridized carbons (Fsp3) is 0.333. The van der Waals surface area contributed by atoms with Gasteiger partial charge in [-0.1, -0.05) is 24.3 Å². The molecule has 6 nitrogen and oxygen atoms in total. The predicted octanol–water partition coefficient (Wildman–Crippen LogP) is 5.64. The van der Waals surface area contributed by atoms with Crippen molar-refractivity contribution in [3.63, 3.8) is 0 Å². The van der Waals surface area contributed by atoms with E-state index in [0.29, 0.717) is 28.9 Å². The first-order chi connectivity index (χ1) is 15.2. The van der Waals surface area contributed by atoms with E-state index in [1.54, 1.807) is 0 Å². The Balaban J connectivity index is 1.20. The molecular formula is C24H23NO5S. The van der Waals surface area contributed by atoms with E-state index in [9.17, 15) is 4.79 Å². The van der Waals surface area contributed by atoms with E-state index in [2.05, 4.69) is 4.98 Å². The SMILES string of the molecule is Cc1oc(-c2ccc3c(c2)OCO3)nc1Cc1ccc(/C=C/CSC(=O)C2CCC2)o1. The molecule has 3 heterocycles. The van der Waals surface area contributed by atoms with Crippen LogP contribution in [0, 0.1) is 12.8 Å². The van der Waals surface area contributed by atoms with Crippen molar-refractivity contribution in [2.45, 2.75) is 32.6 Å². The number of aryl methyl sites for hydroxylation is 1. The van der Waals surface area contributed by atoms with Gasteiger partial charge in [0.05, 0.1) is 12.1 Å². The number of furan rings is 1. The predicted molar refractivity (Wildman–Crippen MR) is 118 cm³/mol. The molecule has 1 saturated carbocycles. The second kappa shape index (κ2) is 8.67. The molecule has 7 heteroatoms. The largest absolute Gasteiger partial charge is 0.461 e. The molecule has 0 bridgehead atoms. The van der Waals surface area contributed by atoms with Crippen molar-refractivity contribution in [1.82, 2.24) is 4.98 Å². The number of carbonyl (C=O) groups is 1. The molecule has 160 valence electrons. The lowest BCUT2D eigenvalue weighted by Gasteiger charge is -2.22. The maximum Gasteiger partial charge on any atom is 0.231 e. The Morgan fingerprint density at radius 2 is 2.03 bits per heavy atom. The van der Waals surface area contributed by atoms with E-state index < -0.39 is 0 Å². The van der Waals surface area contributed by atoms with E-state index in [0.717, 1.165) is 47.1 Å². The number of ether oxygens (including phenoxy) is 2. The van der Waals surface area contributed by atoms with Gasteiger partial charge in [-0.2, -0.15) is 0 Å². The third-order valence-corrected chi connectivity index (χ3v) is 6.56. The average molecular weight is 438 g/mol. The van der Waals surface area contributed by atoms with E-state index in [-0.39, 0.29) is 12.7 Å². The smallest absolute Gasteiger partial charge is 0.231 e. The summed E-state index contributed by atoms with van der Waals surface area (Å²) in [6.45, 7) is 2.14. The maximum absolute atomic E-state index is 11.9. The summed E-state index contributed by atoms with van der Waals surface area (Å²) >= 11 is 1.39. The molecule has 5 rings (SSSR count). The number of nitrogens with zero attached hydrogens (tertiary/aromatic N) is 1. The van der Waals surface area contributed by atoms with E-state index in [1.807, 2.05) is 49.4 Å². The van der Waals surface area contributed by atoms with Crippen molar-refractivity contribution in [3.8, 4) is 23.0 Å². The molecule has 0 saturated heterocycles. The highest BCUT2D eigenvalue weighted by molar-refractivity contribution is 8.13. The molecule has 1 fully saturated rings. The monoisotopic (exact) mass is 437 g/mol.